The number of aromatic amines is 1. The van der Waals surface area contributed by atoms with E-state index in [4.69, 9.17) is 25.6 Å². The Morgan fingerprint density at radius 1 is 0.857 bits per heavy atom. The average molecular weight is 684 g/mol. The fraction of sp³-hybridized carbons (Fsp3) is 0.0571. The van der Waals surface area contributed by atoms with E-state index in [1.807, 2.05) is 72.8 Å². The minimum Gasteiger partial charge on any atom is -0.458 e. The molecule has 0 aliphatic carbocycles. The standard InChI is InChI=1S/C35H24B2ClN5O5S/c38-23-6-13-31-28(15-23)33(17-43(31)24-7-1-22-18-46-36(44)30(22)16-24)49-26-10-4-20(5-11-26)27-12-14-32(34-29(27)19-47-37(34)45)48-25-8-2-21(3-9-25)35-39-41-42-40-35/h1-17,44-45H,18-19H2,(H,39,40,41,42). The molecule has 3 N–H and O–H groups in total. The monoisotopic (exact) mass is 683 g/mol. The molecule has 5 aromatic carbocycles. The van der Waals surface area contributed by atoms with E-state index in [-0.39, 0.29) is 6.61 Å². The van der Waals surface area contributed by atoms with Crippen LogP contribution in [0.15, 0.2) is 113 Å². The minimum atomic E-state index is -1.09. The highest BCUT2D eigenvalue weighted by Crippen LogP contribution is 2.39. The van der Waals surface area contributed by atoms with Crippen LogP contribution in [0.4, 0.5) is 0 Å². The third kappa shape index (κ3) is 5.50. The summed E-state index contributed by atoms with van der Waals surface area (Å²) in [6, 6.07) is 31.5. The van der Waals surface area contributed by atoms with Crippen molar-refractivity contribution in [1.29, 1.82) is 0 Å². The summed E-state index contributed by atoms with van der Waals surface area (Å²) in [5.41, 5.74) is 8.03. The topological polar surface area (TPSA) is 128 Å². The van der Waals surface area contributed by atoms with Gasteiger partial charge in [0, 0.05) is 43.1 Å². The van der Waals surface area contributed by atoms with Crippen LogP contribution >= 0.6 is 23.4 Å². The Hall–Kier alpha value is -4.88. The van der Waals surface area contributed by atoms with Crippen molar-refractivity contribution in [3.63, 3.8) is 0 Å². The van der Waals surface area contributed by atoms with E-state index in [2.05, 4.69) is 55.7 Å². The third-order valence-electron chi connectivity index (χ3n) is 8.84. The molecule has 0 spiro atoms. The van der Waals surface area contributed by atoms with Crippen LogP contribution in [-0.2, 0) is 22.5 Å². The fourth-order valence-electron chi connectivity index (χ4n) is 6.41. The minimum absolute atomic E-state index is 0.267. The van der Waals surface area contributed by atoms with Crippen LogP contribution in [0.3, 0.4) is 0 Å². The molecular weight excluding hydrogens is 660 g/mol. The Bertz CT molecular complexity index is 2360. The molecule has 0 saturated heterocycles. The van der Waals surface area contributed by atoms with Crippen molar-refractivity contribution >= 4 is 59.4 Å². The summed E-state index contributed by atoms with van der Waals surface area (Å²) in [6.45, 7) is 0.673. The average Bonchev–Trinajstić information content (AvgIpc) is 3.94. The Labute approximate surface area is 289 Å². The Kier molecular flexibility index (Phi) is 7.53. The molecule has 0 saturated carbocycles. The number of aromatic nitrogens is 5. The molecule has 2 aromatic heterocycles. The lowest BCUT2D eigenvalue weighted by Crippen LogP contribution is -2.29. The summed E-state index contributed by atoms with van der Waals surface area (Å²) in [5.74, 6) is 1.70. The maximum Gasteiger partial charge on any atom is 0.495 e. The van der Waals surface area contributed by atoms with E-state index >= 15 is 0 Å². The second-order valence-electron chi connectivity index (χ2n) is 11.7. The van der Waals surface area contributed by atoms with E-state index in [1.165, 1.54) is 0 Å². The van der Waals surface area contributed by atoms with Gasteiger partial charge in [-0.05, 0) is 111 Å². The van der Waals surface area contributed by atoms with Gasteiger partial charge in [0.1, 0.15) is 11.5 Å². The molecule has 7 aromatic rings. The molecule has 0 unspecified atom stereocenters. The molecule has 49 heavy (non-hydrogen) atoms. The molecule has 238 valence electrons. The van der Waals surface area contributed by atoms with Gasteiger partial charge in [0.05, 0.1) is 18.7 Å². The van der Waals surface area contributed by atoms with E-state index in [1.54, 1.807) is 11.8 Å². The van der Waals surface area contributed by atoms with Crippen molar-refractivity contribution in [1.82, 2.24) is 25.2 Å². The highest BCUT2D eigenvalue weighted by molar-refractivity contribution is 7.99. The molecule has 2 aliphatic heterocycles. The number of tetrazole rings is 1. The number of fused-ring (bicyclic) bond motifs is 3. The molecule has 10 nitrogen and oxygen atoms in total. The summed E-state index contributed by atoms with van der Waals surface area (Å²) in [4.78, 5) is 2.10. The molecule has 0 bridgehead atoms. The van der Waals surface area contributed by atoms with Crippen LogP contribution < -0.4 is 15.7 Å². The summed E-state index contributed by atoms with van der Waals surface area (Å²) in [7, 11) is -2.01. The first kappa shape index (κ1) is 30.2. The molecule has 9 rings (SSSR count). The first-order chi connectivity index (χ1) is 24.0. The van der Waals surface area contributed by atoms with Gasteiger partial charge >= 0.3 is 14.2 Å². The van der Waals surface area contributed by atoms with Gasteiger partial charge in [-0.2, -0.15) is 0 Å². The van der Waals surface area contributed by atoms with E-state index in [0.29, 0.717) is 34.4 Å². The number of nitrogens with one attached hydrogen (secondary N) is 1. The number of hydrogen-bond acceptors (Lipinski definition) is 9. The van der Waals surface area contributed by atoms with Crippen molar-refractivity contribution in [2.45, 2.75) is 23.0 Å². The zero-order valence-corrected chi connectivity index (χ0v) is 27.2. The number of rotatable bonds is 7. The lowest BCUT2D eigenvalue weighted by Gasteiger charge is -2.14. The summed E-state index contributed by atoms with van der Waals surface area (Å²) in [5, 5.41) is 36.7. The van der Waals surface area contributed by atoms with Gasteiger partial charge in [-0.3, -0.25) is 0 Å². The smallest absolute Gasteiger partial charge is 0.458 e. The second kappa shape index (κ2) is 12.2. The van der Waals surface area contributed by atoms with Gasteiger partial charge in [0.25, 0.3) is 0 Å². The Morgan fingerprint density at radius 3 is 2.49 bits per heavy atom. The van der Waals surface area contributed by atoms with E-state index < -0.39 is 14.2 Å². The van der Waals surface area contributed by atoms with Gasteiger partial charge in [-0.1, -0.05) is 47.6 Å². The van der Waals surface area contributed by atoms with Gasteiger partial charge in [-0.15, -0.1) is 5.10 Å². The summed E-state index contributed by atoms with van der Waals surface area (Å²) in [6.07, 6.45) is 2.10. The molecule has 0 fully saturated rings. The SMILES string of the molecule is OB1OCc2ccc(-n3cc(Sc4ccc(-c5ccc(Oc6ccc(-c7nnn[nH]7)cc6)c6c5COB6O)cc4)c4cc(Cl)ccc43)cc21. The van der Waals surface area contributed by atoms with Crippen molar-refractivity contribution in [3.05, 3.63) is 119 Å². The molecule has 0 amide bonds. The first-order valence-corrected chi connectivity index (χ1v) is 16.7. The van der Waals surface area contributed by atoms with Gasteiger partial charge in [-0.25, -0.2) is 5.10 Å². The van der Waals surface area contributed by atoms with Gasteiger partial charge in [0.15, 0.2) is 5.82 Å². The maximum absolute atomic E-state index is 10.8. The second-order valence-corrected chi connectivity index (χ2v) is 13.3. The van der Waals surface area contributed by atoms with Crippen LogP contribution in [-0.4, -0.2) is 49.5 Å². The van der Waals surface area contributed by atoms with Crippen molar-refractivity contribution in [3.8, 4) is 39.7 Å². The maximum atomic E-state index is 10.8. The number of benzene rings is 5. The Morgan fingerprint density at radius 2 is 1.67 bits per heavy atom. The molecule has 2 aliphatic rings. The highest BCUT2D eigenvalue weighted by Gasteiger charge is 2.34. The molecule has 0 atom stereocenters. The van der Waals surface area contributed by atoms with Crippen molar-refractivity contribution in [2.75, 3.05) is 0 Å². The number of nitrogens with zero attached hydrogens (tertiary/aromatic N) is 4. The zero-order chi connectivity index (χ0) is 33.1. The number of ether oxygens (including phenoxy) is 1. The summed E-state index contributed by atoms with van der Waals surface area (Å²) >= 11 is 8.11. The van der Waals surface area contributed by atoms with Crippen LogP contribution in [0.25, 0.3) is 39.1 Å². The quantitative estimate of drug-likeness (QED) is 0.187. The molecule has 14 heteroatoms. The number of halogens is 1. The highest BCUT2D eigenvalue weighted by atomic mass is 35.5. The predicted molar refractivity (Wildman–Crippen MR) is 189 cm³/mol. The van der Waals surface area contributed by atoms with Crippen LogP contribution in [0.5, 0.6) is 11.5 Å². The summed E-state index contributed by atoms with van der Waals surface area (Å²) < 4.78 is 19.4. The number of hydrogen-bond donors (Lipinski definition) is 3. The van der Waals surface area contributed by atoms with Crippen LogP contribution in [0.1, 0.15) is 11.1 Å². The third-order valence-corrected chi connectivity index (χ3v) is 10.1. The fourth-order valence-corrected chi connectivity index (χ4v) is 7.54. The Balaban J connectivity index is 0.993. The molecular formula is C35H24B2ClN5O5S. The lowest BCUT2D eigenvalue weighted by atomic mass is 9.77. The number of H-pyrrole nitrogens is 1. The van der Waals surface area contributed by atoms with Crippen LogP contribution in [0.2, 0.25) is 5.02 Å². The van der Waals surface area contributed by atoms with Crippen molar-refractivity contribution < 1.29 is 24.1 Å². The molecule has 4 heterocycles. The van der Waals surface area contributed by atoms with Crippen LogP contribution in [0, 0.1) is 0 Å². The molecule has 0 radical (unpaired) electrons. The van der Waals surface area contributed by atoms with Gasteiger partial charge < -0.3 is 28.7 Å². The zero-order valence-electron chi connectivity index (χ0n) is 25.6. The van der Waals surface area contributed by atoms with Crippen molar-refractivity contribution in [2.24, 2.45) is 0 Å². The van der Waals surface area contributed by atoms with E-state index in [9.17, 15) is 10.0 Å². The van der Waals surface area contributed by atoms with Gasteiger partial charge in [0.2, 0.25) is 0 Å². The first-order valence-electron chi connectivity index (χ1n) is 15.5. The lowest BCUT2D eigenvalue weighted by molar-refractivity contribution is 0.275. The normalized spacial score (nSPS) is 13.7. The van der Waals surface area contributed by atoms with E-state index in [0.717, 1.165) is 59.7 Å². The predicted octanol–water partition coefficient (Wildman–Crippen LogP) is 5.51. The largest absolute Gasteiger partial charge is 0.495 e.